The van der Waals surface area contributed by atoms with Gasteiger partial charge in [-0.2, -0.15) is 4.72 Å². The van der Waals surface area contributed by atoms with Crippen LogP contribution in [0, 0.1) is 20.8 Å². The molecule has 0 saturated carbocycles. The number of hydrogen-bond acceptors (Lipinski definition) is 8. The number of carbonyl (C=O) groups is 2. The Morgan fingerprint density at radius 3 is 2.23 bits per heavy atom. The van der Waals surface area contributed by atoms with Crippen molar-refractivity contribution >= 4 is 28.1 Å². The fourth-order valence-corrected chi connectivity index (χ4v) is 8.29. The van der Waals surface area contributed by atoms with Crippen molar-refractivity contribution in [2.45, 2.75) is 82.8 Å². The zero-order chi connectivity index (χ0) is 34.1. The van der Waals surface area contributed by atoms with Crippen molar-refractivity contribution < 1.29 is 32.2 Å². The molecule has 0 bridgehead atoms. The largest absolute Gasteiger partial charge is 0.516 e. The summed E-state index contributed by atoms with van der Waals surface area (Å²) in [5, 5.41) is 0. The van der Waals surface area contributed by atoms with E-state index in [9.17, 15) is 18.0 Å². The molecule has 5 rings (SSSR count). The minimum absolute atomic E-state index is 0.0369. The van der Waals surface area contributed by atoms with Crippen molar-refractivity contribution in [3.8, 4) is 16.9 Å². The molecular formula is C35H42N4O7S. The number of ether oxygens (including phenoxy) is 3. The Balaban J connectivity index is 1.34. The molecule has 1 aliphatic carbocycles. The standard InChI is InChI=1S/C35H42N4O7S/c1-20-21(2)31(22(3)23-16-17-35(4,5)46-30(20)23)47(42,43)39-29(15-10-18-38-33(36)37)32(40)45-34(41)44-19-28-26-13-8-6-11-24(26)25-12-7-9-14-27(25)28/h6-9,11-14,28-29,39H,10,15-19H2,1-5H3,(H4,36,37,38)/t29-/m0/s1. The molecular weight excluding hydrogens is 620 g/mol. The van der Waals surface area contributed by atoms with Gasteiger partial charge in [-0.15, -0.1) is 0 Å². The number of esters is 1. The number of carbonyl (C=O) groups excluding carboxylic acids is 2. The monoisotopic (exact) mass is 662 g/mol. The lowest BCUT2D eigenvalue weighted by atomic mass is 9.88. The first-order chi connectivity index (χ1) is 22.2. The summed E-state index contributed by atoms with van der Waals surface area (Å²) in [5.74, 6) is -0.777. The van der Waals surface area contributed by atoms with Crippen LogP contribution in [0.1, 0.15) is 72.4 Å². The third kappa shape index (κ3) is 7.13. The van der Waals surface area contributed by atoms with Crippen LogP contribution >= 0.6 is 0 Å². The first-order valence-corrected chi connectivity index (χ1v) is 17.1. The number of nitrogens with two attached hydrogens (primary N) is 2. The molecule has 11 nitrogen and oxygen atoms in total. The summed E-state index contributed by atoms with van der Waals surface area (Å²) in [6, 6.07) is 14.3. The molecule has 3 aromatic rings. The summed E-state index contributed by atoms with van der Waals surface area (Å²) < 4.78 is 47.2. The molecule has 47 heavy (non-hydrogen) atoms. The van der Waals surface area contributed by atoms with Crippen molar-refractivity contribution in [3.63, 3.8) is 0 Å². The molecule has 0 unspecified atom stereocenters. The van der Waals surface area contributed by atoms with Gasteiger partial charge in [0.2, 0.25) is 10.0 Å². The number of aliphatic imine (C=N–C) groups is 1. The average molecular weight is 663 g/mol. The van der Waals surface area contributed by atoms with Crippen LogP contribution in [0.15, 0.2) is 58.4 Å². The summed E-state index contributed by atoms with van der Waals surface area (Å²) in [7, 11) is -4.28. The van der Waals surface area contributed by atoms with Crippen LogP contribution in [-0.4, -0.2) is 51.3 Å². The maximum atomic E-state index is 14.0. The lowest BCUT2D eigenvalue weighted by Gasteiger charge is -2.35. The second kappa shape index (κ2) is 13.4. The van der Waals surface area contributed by atoms with E-state index in [0.29, 0.717) is 28.9 Å². The van der Waals surface area contributed by atoms with Crippen LogP contribution in [0.5, 0.6) is 5.75 Å². The van der Waals surface area contributed by atoms with E-state index in [4.69, 9.17) is 25.7 Å². The van der Waals surface area contributed by atoms with E-state index in [0.717, 1.165) is 34.2 Å². The number of fused-ring (bicyclic) bond motifs is 4. The van der Waals surface area contributed by atoms with Gasteiger partial charge in [-0.25, -0.2) is 18.0 Å². The molecule has 0 saturated heterocycles. The van der Waals surface area contributed by atoms with E-state index in [1.54, 1.807) is 13.8 Å². The molecule has 0 amide bonds. The average Bonchev–Trinajstić information content (AvgIpc) is 3.33. The molecule has 1 atom stereocenters. The Morgan fingerprint density at radius 1 is 1.00 bits per heavy atom. The fourth-order valence-electron chi connectivity index (χ4n) is 6.50. The number of sulfonamides is 1. The fraction of sp³-hybridized carbons (Fsp3) is 0.400. The second-order valence-electron chi connectivity index (χ2n) is 12.7. The van der Waals surface area contributed by atoms with Crippen molar-refractivity contribution in [2.24, 2.45) is 16.5 Å². The smallest absolute Gasteiger partial charge is 0.487 e. The molecule has 3 aromatic carbocycles. The Bertz CT molecular complexity index is 1800. The molecule has 12 heteroatoms. The Labute approximate surface area is 275 Å². The Hall–Kier alpha value is -4.42. The van der Waals surface area contributed by atoms with Gasteiger partial charge in [0.05, 0.1) is 4.90 Å². The van der Waals surface area contributed by atoms with E-state index in [-0.39, 0.29) is 48.4 Å². The summed E-state index contributed by atoms with van der Waals surface area (Å²) in [5.41, 5.74) is 17.2. The number of nitrogens with zero attached hydrogens (tertiary/aromatic N) is 1. The molecule has 2 aliphatic rings. The van der Waals surface area contributed by atoms with Crippen LogP contribution in [-0.2, 0) is 30.7 Å². The molecule has 1 aliphatic heterocycles. The van der Waals surface area contributed by atoms with Crippen LogP contribution in [0.2, 0.25) is 0 Å². The highest BCUT2D eigenvalue weighted by Crippen LogP contribution is 2.45. The lowest BCUT2D eigenvalue weighted by molar-refractivity contribution is -0.142. The Kier molecular flexibility index (Phi) is 9.65. The summed E-state index contributed by atoms with van der Waals surface area (Å²) >= 11 is 0. The maximum absolute atomic E-state index is 14.0. The van der Waals surface area contributed by atoms with Crippen molar-refractivity contribution in [3.05, 3.63) is 81.9 Å². The molecule has 5 N–H and O–H groups in total. The van der Waals surface area contributed by atoms with Crippen LogP contribution in [0.4, 0.5) is 4.79 Å². The van der Waals surface area contributed by atoms with Gasteiger partial charge in [0.15, 0.2) is 5.96 Å². The van der Waals surface area contributed by atoms with E-state index >= 15 is 0 Å². The molecule has 0 fully saturated rings. The zero-order valence-corrected chi connectivity index (χ0v) is 28.2. The van der Waals surface area contributed by atoms with E-state index in [1.165, 1.54) is 0 Å². The summed E-state index contributed by atoms with van der Waals surface area (Å²) in [6.45, 7) is 9.36. The van der Waals surface area contributed by atoms with Crippen LogP contribution in [0.25, 0.3) is 11.1 Å². The predicted octanol–water partition coefficient (Wildman–Crippen LogP) is 4.91. The van der Waals surface area contributed by atoms with E-state index in [2.05, 4.69) is 9.71 Å². The molecule has 0 radical (unpaired) electrons. The highest BCUT2D eigenvalue weighted by molar-refractivity contribution is 7.89. The summed E-state index contributed by atoms with van der Waals surface area (Å²) in [4.78, 5) is 30.2. The summed E-state index contributed by atoms with van der Waals surface area (Å²) in [6.07, 6.45) is 0.335. The number of rotatable bonds is 10. The minimum Gasteiger partial charge on any atom is -0.487 e. The lowest BCUT2D eigenvalue weighted by Crippen LogP contribution is -2.43. The SMILES string of the molecule is Cc1c(C)c(S(=O)(=O)N[C@@H](CCCN=C(N)N)C(=O)OC(=O)OCC2c3ccccc3-c3ccccc32)c(C)c2c1OC(C)(C)CC2. The van der Waals surface area contributed by atoms with E-state index in [1.807, 2.05) is 69.3 Å². The number of hydrogen-bond donors (Lipinski definition) is 3. The molecule has 250 valence electrons. The van der Waals surface area contributed by atoms with Gasteiger partial charge >= 0.3 is 12.1 Å². The van der Waals surface area contributed by atoms with Crippen LogP contribution in [0.3, 0.4) is 0 Å². The van der Waals surface area contributed by atoms with E-state index < -0.39 is 28.2 Å². The van der Waals surface area contributed by atoms with Gasteiger partial charge in [0.25, 0.3) is 0 Å². The Morgan fingerprint density at radius 2 is 1.62 bits per heavy atom. The highest BCUT2D eigenvalue weighted by Gasteiger charge is 2.36. The normalized spacial score (nSPS) is 15.4. The topological polar surface area (TPSA) is 172 Å². The first-order valence-electron chi connectivity index (χ1n) is 15.7. The third-order valence-corrected chi connectivity index (χ3v) is 10.7. The molecule has 0 spiro atoms. The molecule has 0 aromatic heterocycles. The quantitative estimate of drug-likeness (QED) is 0.0897. The molecule has 1 heterocycles. The highest BCUT2D eigenvalue weighted by atomic mass is 32.2. The first kappa shape index (κ1) is 33.9. The number of benzene rings is 3. The van der Waals surface area contributed by atoms with Gasteiger partial charge in [-0.05, 0) is 105 Å². The zero-order valence-electron chi connectivity index (χ0n) is 27.4. The number of nitrogens with one attached hydrogen (secondary N) is 1. The second-order valence-corrected chi connectivity index (χ2v) is 14.4. The van der Waals surface area contributed by atoms with Gasteiger partial charge in [0.1, 0.15) is 24.0 Å². The third-order valence-electron chi connectivity index (χ3n) is 8.98. The van der Waals surface area contributed by atoms with Crippen molar-refractivity contribution in [2.75, 3.05) is 13.2 Å². The van der Waals surface area contributed by atoms with Gasteiger partial charge in [-0.1, -0.05) is 48.5 Å². The van der Waals surface area contributed by atoms with Gasteiger partial charge in [-0.3, -0.25) is 4.99 Å². The van der Waals surface area contributed by atoms with Crippen LogP contribution < -0.4 is 20.9 Å². The van der Waals surface area contributed by atoms with Crippen molar-refractivity contribution in [1.29, 1.82) is 0 Å². The van der Waals surface area contributed by atoms with Gasteiger partial charge in [0, 0.05) is 12.5 Å². The minimum atomic E-state index is -4.28. The number of guanidine groups is 1. The van der Waals surface area contributed by atoms with Crippen molar-refractivity contribution in [1.82, 2.24) is 4.72 Å². The predicted molar refractivity (Wildman–Crippen MR) is 179 cm³/mol. The maximum Gasteiger partial charge on any atom is 0.516 e. The van der Waals surface area contributed by atoms with Gasteiger partial charge < -0.3 is 25.7 Å².